The third-order valence-electron chi connectivity index (χ3n) is 2.70. The van der Waals surface area contributed by atoms with E-state index in [0.29, 0.717) is 0 Å². The van der Waals surface area contributed by atoms with E-state index in [1.807, 2.05) is 12.1 Å². The van der Waals surface area contributed by atoms with Gasteiger partial charge >= 0.3 is 0 Å². The van der Waals surface area contributed by atoms with E-state index in [2.05, 4.69) is 24.3 Å². The molecule has 0 fully saturated rings. The second kappa shape index (κ2) is 4.43. The summed E-state index contributed by atoms with van der Waals surface area (Å²) in [5, 5.41) is 9.48. The van der Waals surface area contributed by atoms with E-state index in [1.54, 1.807) is 0 Å². The van der Waals surface area contributed by atoms with Gasteiger partial charge in [0.25, 0.3) is 0 Å². The lowest BCUT2D eigenvalue weighted by atomic mass is 9.93. The highest BCUT2D eigenvalue weighted by atomic mass is 16.3. The number of rotatable bonds is 2. The normalized spacial score (nSPS) is 21.8. The van der Waals surface area contributed by atoms with E-state index in [4.69, 9.17) is 0 Å². The molecule has 1 aliphatic rings. The summed E-state index contributed by atoms with van der Waals surface area (Å²) < 4.78 is 0. The summed E-state index contributed by atoms with van der Waals surface area (Å²) in [6, 6.07) is 10.4. The van der Waals surface area contributed by atoms with Gasteiger partial charge in [-0.15, -0.1) is 0 Å². The number of aliphatic hydroxyl groups excluding tert-OH is 1. The molecule has 0 amide bonds. The minimum absolute atomic E-state index is 0.206. The topological polar surface area (TPSA) is 20.2 Å². The van der Waals surface area contributed by atoms with E-state index >= 15 is 0 Å². The molecular formula is C13H16O. The van der Waals surface area contributed by atoms with Crippen molar-refractivity contribution in [1.29, 1.82) is 0 Å². The first kappa shape index (κ1) is 9.47. The molecule has 0 aromatic heterocycles. The molecule has 74 valence electrons. The summed E-state index contributed by atoms with van der Waals surface area (Å²) in [5.74, 6) is 0. The Bertz CT molecular complexity index is 313. The number of benzene rings is 1. The standard InChI is InChI=1S/C13H16O/c14-13-8-4-7-12(10-13)9-11-5-2-1-3-6-11/h1-3,5-6,10,13-14H,4,7-9H2. The maximum absolute atomic E-state index is 9.48. The van der Waals surface area contributed by atoms with Crippen LogP contribution in [0.4, 0.5) is 0 Å². The number of aliphatic hydroxyl groups is 1. The third kappa shape index (κ3) is 2.46. The first-order chi connectivity index (χ1) is 6.84. The van der Waals surface area contributed by atoms with Gasteiger partial charge in [0.05, 0.1) is 6.10 Å². The van der Waals surface area contributed by atoms with Gasteiger partial charge in [-0.05, 0) is 31.2 Å². The quantitative estimate of drug-likeness (QED) is 0.707. The Morgan fingerprint density at radius 2 is 2.00 bits per heavy atom. The smallest absolute Gasteiger partial charge is 0.0723 e. The molecule has 1 aromatic carbocycles. The van der Waals surface area contributed by atoms with Gasteiger partial charge in [0, 0.05) is 0 Å². The van der Waals surface area contributed by atoms with Gasteiger partial charge in [-0.2, -0.15) is 0 Å². The molecule has 0 saturated heterocycles. The van der Waals surface area contributed by atoms with Crippen LogP contribution in [0, 0.1) is 0 Å². The highest BCUT2D eigenvalue weighted by Gasteiger charge is 2.10. The van der Waals surface area contributed by atoms with Crippen LogP contribution in [0.3, 0.4) is 0 Å². The molecule has 0 aliphatic heterocycles. The van der Waals surface area contributed by atoms with Gasteiger partial charge in [0.2, 0.25) is 0 Å². The minimum atomic E-state index is -0.206. The SMILES string of the molecule is OC1C=C(Cc2ccccc2)CCC1. The van der Waals surface area contributed by atoms with E-state index < -0.39 is 0 Å². The van der Waals surface area contributed by atoms with E-state index in [9.17, 15) is 5.11 Å². The lowest BCUT2D eigenvalue weighted by Crippen LogP contribution is -2.10. The summed E-state index contributed by atoms with van der Waals surface area (Å²) >= 11 is 0. The van der Waals surface area contributed by atoms with Crippen molar-refractivity contribution >= 4 is 0 Å². The Kier molecular flexibility index (Phi) is 3.00. The fourth-order valence-electron chi connectivity index (χ4n) is 1.98. The molecule has 0 bridgehead atoms. The summed E-state index contributed by atoms with van der Waals surface area (Å²) in [7, 11) is 0. The lowest BCUT2D eigenvalue weighted by molar-refractivity contribution is 0.202. The molecule has 0 saturated carbocycles. The van der Waals surface area contributed by atoms with Crippen LogP contribution in [0.5, 0.6) is 0 Å². The number of hydrogen-bond acceptors (Lipinski definition) is 1. The zero-order chi connectivity index (χ0) is 9.80. The van der Waals surface area contributed by atoms with Gasteiger partial charge in [-0.25, -0.2) is 0 Å². The van der Waals surface area contributed by atoms with E-state index in [0.717, 1.165) is 25.7 Å². The third-order valence-corrected chi connectivity index (χ3v) is 2.70. The Hall–Kier alpha value is -1.08. The number of hydrogen-bond donors (Lipinski definition) is 1. The largest absolute Gasteiger partial charge is 0.389 e. The zero-order valence-corrected chi connectivity index (χ0v) is 8.32. The highest BCUT2D eigenvalue weighted by Crippen LogP contribution is 2.21. The minimum Gasteiger partial charge on any atom is -0.389 e. The van der Waals surface area contributed by atoms with Crippen LogP contribution in [-0.2, 0) is 6.42 Å². The van der Waals surface area contributed by atoms with Gasteiger partial charge in [0.1, 0.15) is 0 Å². The van der Waals surface area contributed by atoms with Crippen LogP contribution >= 0.6 is 0 Å². The molecule has 1 aliphatic carbocycles. The average Bonchev–Trinajstić information content (AvgIpc) is 2.19. The Labute approximate surface area is 85.1 Å². The summed E-state index contributed by atoms with van der Waals surface area (Å²) in [6.45, 7) is 0. The maximum atomic E-state index is 9.48. The van der Waals surface area contributed by atoms with Gasteiger partial charge in [-0.3, -0.25) is 0 Å². The first-order valence-corrected chi connectivity index (χ1v) is 5.26. The predicted octanol–water partition coefficient (Wildman–Crippen LogP) is 2.70. The van der Waals surface area contributed by atoms with Crippen LogP contribution in [0.15, 0.2) is 42.0 Å². The molecule has 1 aromatic rings. The van der Waals surface area contributed by atoms with Crippen LogP contribution in [0.2, 0.25) is 0 Å². The van der Waals surface area contributed by atoms with Crippen LogP contribution in [-0.4, -0.2) is 11.2 Å². The molecule has 1 unspecified atom stereocenters. The summed E-state index contributed by atoms with van der Waals surface area (Å²) in [4.78, 5) is 0. The fraction of sp³-hybridized carbons (Fsp3) is 0.385. The highest BCUT2D eigenvalue weighted by molar-refractivity contribution is 5.23. The second-order valence-electron chi connectivity index (χ2n) is 3.95. The molecule has 1 heteroatoms. The molecule has 14 heavy (non-hydrogen) atoms. The monoisotopic (exact) mass is 188 g/mol. The first-order valence-electron chi connectivity index (χ1n) is 5.26. The van der Waals surface area contributed by atoms with Gasteiger partial charge in [0.15, 0.2) is 0 Å². The Balaban J connectivity index is 2.04. The average molecular weight is 188 g/mol. The summed E-state index contributed by atoms with van der Waals surface area (Å²) in [6.07, 6.45) is 6.01. The molecule has 0 radical (unpaired) electrons. The van der Waals surface area contributed by atoms with Crippen molar-refractivity contribution < 1.29 is 5.11 Å². The molecule has 0 spiro atoms. The number of allylic oxidation sites excluding steroid dienone is 1. The van der Waals surface area contributed by atoms with E-state index in [-0.39, 0.29) is 6.10 Å². The predicted molar refractivity (Wildman–Crippen MR) is 58.1 cm³/mol. The van der Waals surface area contributed by atoms with Crippen molar-refractivity contribution in [3.8, 4) is 0 Å². The zero-order valence-electron chi connectivity index (χ0n) is 8.32. The lowest BCUT2D eigenvalue weighted by Gasteiger charge is -2.16. The van der Waals surface area contributed by atoms with Crippen molar-refractivity contribution in [2.45, 2.75) is 31.8 Å². The van der Waals surface area contributed by atoms with Crippen LogP contribution < -0.4 is 0 Å². The van der Waals surface area contributed by atoms with Crippen LogP contribution in [0.1, 0.15) is 24.8 Å². The van der Waals surface area contributed by atoms with Crippen molar-refractivity contribution in [2.75, 3.05) is 0 Å². The second-order valence-corrected chi connectivity index (χ2v) is 3.95. The van der Waals surface area contributed by atoms with Gasteiger partial charge < -0.3 is 5.11 Å². The maximum Gasteiger partial charge on any atom is 0.0723 e. The summed E-state index contributed by atoms with van der Waals surface area (Å²) in [5.41, 5.74) is 2.72. The molecule has 0 heterocycles. The Morgan fingerprint density at radius 1 is 1.21 bits per heavy atom. The molecule has 1 nitrogen and oxygen atoms in total. The van der Waals surface area contributed by atoms with Crippen molar-refractivity contribution in [3.63, 3.8) is 0 Å². The fourth-order valence-corrected chi connectivity index (χ4v) is 1.98. The van der Waals surface area contributed by atoms with Crippen molar-refractivity contribution in [3.05, 3.63) is 47.5 Å². The molecular weight excluding hydrogens is 172 g/mol. The van der Waals surface area contributed by atoms with Gasteiger partial charge in [-0.1, -0.05) is 42.0 Å². The van der Waals surface area contributed by atoms with Crippen molar-refractivity contribution in [2.24, 2.45) is 0 Å². The van der Waals surface area contributed by atoms with Crippen LogP contribution in [0.25, 0.3) is 0 Å². The molecule has 1 N–H and O–H groups in total. The molecule has 1 atom stereocenters. The molecule has 2 rings (SSSR count). The Morgan fingerprint density at radius 3 is 2.71 bits per heavy atom. The van der Waals surface area contributed by atoms with E-state index in [1.165, 1.54) is 11.1 Å². The van der Waals surface area contributed by atoms with Crippen molar-refractivity contribution in [1.82, 2.24) is 0 Å².